The van der Waals surface area contributed by atoms with Gasteiger partial charge in [-0.2, -0.15) is 0 Å². The van der Waals surface area contributed by atoms with Crippen LogP contribution in [0.3, 0.4) is 0 Å². The van der Waals surface area contributed by atoms with E-state index in [4.69, 9.17) is 0 Å². The van der Waals surface area contributed by atoms with Crippen LogP contribution in [-0.4, -0.2) is 19.9 Å². The van der Waals surface area contributed by atoms with E-state index in [0.29, 0.717) is 0 Å². The van der Waals surface area contributed by atoms with E-state index < -0.39 is 6.10 Å². The Kier molecular flexibility index (Phi) is 3.81. The highest BCUT2D eigenvalue weighted by Gasteiger charge is 2.04. The summed E-state index contributed by atoms with van der Waals surface area (Å²) in [6.45, 7) is 1.77. The zero-order valence-corrected chi connectivity index (χ0v) is 10.7. The Bertz CT molecular complexity index is 496. The molecule has 1 N–H and O–H groups in total. The highest BCUT2D eigenvalue weighted by Crippen LogP contribution is 2.24. The fraction of sp³-hybridized carbons (Fsp3) is 0.333. The first-order valence-electron chi connectivity index (χ1n) is 5.40. The minimum absolute atomic E-state index is 0.426. The van der Waals surface area contributed by atoms with E-state index in [0.717, 1.165) is 22.0 Å². The molecule has 0 amide bonds. The molecule has 0 aliphatic heterocycles. The van der Waals surface area contributed by atoms with Gasteiger partial charge >= 0.3 is 0 Å². The number of hydrogen-bond donors (Lipinski definition) is 1. The Morgan fingerprint density at radius 2 is 2.29 bits per heavy atom. The number of rotatable bonds is 4. The van der Waals surface area contributed by atoms with Crippen LogP contribution in [0, 0.1) is 0 Å². The molecule has 1 atom stereocenters. The fourth-order valence-corrected chi connectivity index (χ4v) is 2.40. The van der Waals surface area contributed by atoms with Crippen LogP contribution < -0.4 is 0 Å². The summed E-state index contributed by atoms with van der Waals surface area (Å²) in [6.07, 6.45) is 1.27. The monoisotopic (exact) mass is 249 g/mol. The molecule has 1 unspecified atom stereocenters. The summed E-state index contributed by atoms with van der Waals surface area (Å²) in [4.78, 5) is 1.13. The van der Waals surface area contributed by atoms with Crippen molar-refractivity contribution in [1.82, 2.24) is 14.8 Å². The third-order valence-corrected chi connectivity index (χ3v) is 3.50. The molecule has 5 heteroatoms. The summed E-state index contributed by atoms with van der Waals surface area (Å²) in [5, 5.41) is 17.4. The van der Waals surface area contributed by atoms with Gasteiger partial charge in [0.05, 0.1) is 11.9 Å². The molecule has 0 radical (unpaired) electrons. The Hall–Kier alpha value is -1.33. The number of aromatic nitrogens is 3. The lowest BCUT2D eigenvalue weighted by Gasteiger charge is -2.07. The maximum atomic E-state index is 9.51. The van der Waals surface area contributed by atoms with Crippen LogP contribution in [0.2, 0.25) is 0 Å². The van der Waals surface area contributed by atoms with Crippen LogP contribution in [0.5, 0.6) is 0 Å². The molecule has 0 saturated heterocycles. The summed E-state index contributed by atoms with van der Waals surface area (Å²) in [5.41, 5.74) is 0.938. The number of aryl methyl sites for hydroxylation is 1. The summed E-state index contributed by atoms with van der Waals surface area (Å²) in [7, 11) is 1.93. The minimum Gasteiger partial charge on any atom is -0.389 e. The first kappa shape index (κ1) is 12.1. The lowest BCUT2D eigenvalue weighted by molar-refractivity contribution is 0.199. The second kappa shape index (κ2) is 5.33. The molecular formula is C12H15N3OS. The predicted molar refractivity (Wildman–Crippen MR) is 67.6 cm³/mol. The van der Waals surface area contributed by atoms with Crippen molar-refractivity contribution in [2.75, 3.05) is 0 Å². The summed E-state index contributed by atoms with van der Waals surface area (Å²) >= 11 is 1.69. The van der Waals surface area contributed by atoms with E-state index >= 15 is 0 Å². The molecule has 0 saturated carbocycles. The van der Waals surface area contributed by atoms with E-state index in [1.54, 1.807) is 25.0 Å². The van der Waals surface area contributed by atoms with Crippen LogP contribution >= 0.6 is 11.8 Å². The van der Waals surface area contributed by atoms with Crippen molar-refractivity contribution in [1.29, 1.82) is 0 Å². The predicted octanol–water partition coefficient (Wildman–Crippen LogP) is 2.16. The van der Waals surface area contributed by atoms with Crippen LogP contribution in [0.25, 0.3) is 0 Å². The van der Waals surface area contributed by atoms with Crippen LogP contribution in [0.4, 0.5) is 0 Å². The molecule has 1 heterocycles. The van der Waals surface area contributed by atoms with Gasteiger partial charge in [-0.3, -0.25) is 0 Å². The van der Waals surface area contributed by atoms with Crippen molar-refractivity contribution in [3.63, 3.8) is 0 Å². The normalized spacial score (nSPS) is 12.6. The van der Waals surface area contributed by atoms with E-state index in [-0.39, 0.29) is 0 Å². The van der Waals surface area contributed by atoms with Gasteiger partial charge in [0.2, 0.25) is 0 Å². The lowest BCUT2D eigenvalue weighted by Crippen LogP contribution is -1.95. The Balaban J connectivity index is 2.04. The van der Waals surface area contributed by atoms with Crippen LogP contribution in [-0.2, 0) is 12.8 Å². The van der Waals surface area contributed by atoms with Gasteiger partial charge < -0.3 is 9.67 Å². The maximum absolute atomic E-state index is 9.51. The molecule has 0 aliphatic rings. The first-order valence-corrected chi connectivity index (χ1v) is 6.39. The van der Waals surface area contributed by atoms with E-state index in [1.807, 2.05) is 35.9 Å². The van der Waals surface area contributed by atoms with Gasteiger partial charge in [0, 0.05) is 11.9 Å². The molecule has 4 nitrogen and oxygen atoms in total. The summed E-state index contributed by atoms with van der Waals surface area (Å²) < 4.78 is 1.91. The lowest BCUT2D eigenvalue weighted by atomic mass is 10.1. The molecule has 1 aromatic heterocycles. The van der Waals surface area contributed by atoms with E-state index in [1.165, 1.54) is 0 Å². The molecule has 1 aromatic carbocycles. The average molecular weight is 249 g/mol. The van der Waals surface area contributed by atoms with Crippen molar-refractivity contribution in [2.24, 2.45) is 7.05 Å². The standard InChI is InChI=1S/C12H15N3OS/c1-9(16)10-4-3-5-11(6-10)17-7-12-14-13-8-15(12)2/h3-6,8-9,16H,7H2,1-2H3. The second-order valence-corrected chi connectivity index (χ2v) is 4.94. The zero-order valence-electron chi connectivity index (χ0n) is 9.87. The number of hydrogen-bond acceptors (Lipinski definition) is 4. The van der Waals surface area contributed by atoms with Crippen LogP contribution in [0.15, 0.2) is 35.5 Å². The first-order chi connectivity index (χ1) is 8.16. The van der Waals surface area contributed by atoms with Crippen LogP contribution in [0.1, 0.15) is 24.4 Å². The third-order valence-electron chi connectivity index (χ3n) is 2.51. The molecular weight excluding hydrogens is 234 g/mol. The number of aliphatic hydroxyl groups is 1. The average Bonchev–Trinajstić information content (AvgIpc) is 2.72. The summed E-state index contributed by atoms with van der Waals surface area (Å²) in [5.74, 6) is 1.72. The Morgan fingerprint density at radius 3 is 2.94 bits per heavy atom. The topological polar surface area (TPSA) is 50.9 Å². The van der Waals surface area contributed by atoms with Gasteiger partial charge in [-0.15, -0.1) is 22.0 Å². The van der Waals surface area contributed by atoms with Gasteiger partial charge in [-0.05, 0) is 24.6 Å². The molecule has 90 valence electrons. The minimum atomic E-state index is -0.426. The highest BCUT2D eigenvalue weighted by molar-refractivity contribution is 7.98. The van der Waals surface area contributed by atoms with Crippen molar-refractivity contribution in [3.8, 4) is 0 Å². The Labute approximate surface area is 105 Å². The molecule has 0 bridgehead atoms. The molecule has 2 rings (SSSR count). The summed E-state index contributed by atoms with van der Waals surface area (Å²) in [6, 6.07) is 7.93. The third kappa shape index (κ3) is 3.08. The van der Waals surface area contributed by atoms with Gasteiger partial charge in [-0.25, -0.2) is 0 Å². The smallest absolute Gasteiger partial charge is 0.142 e. The zero-order chi connectivity index (χ0) is 12.3. The van der Waals surface area contributed by atoms with Gasteiger partial charge in [-0.1, -0.05) is 12.1 Å². The number of nitrogens with zero attached hydrogens (tertiary/aromatic N) is 3. The van der Waals surface area contributed by atoms with Gasteiger partial charge in [0.15, 0.2) is 0 Å². The molecule has 2 aromatic rings. The molecule has 0 fully saturated rings. The van der Waals surface area contributed by atoms with E-state index in [9.17, 15) is 5.11 Å². The van der Waals surface area contributed by atoms with E-state index in [2.05, 4.69) is 10.2 Å². The quantitative estimate of drug-likeness (QED) is 0.844. The van der Waals surface area contributed by atoms with Crippen molar-refractivity contribution < 1.29 is 5.11 Å². The fourth-order valence-electron chi connectivity index (χ4n) is 1.45. The van der Waals surface area contributed by atoms with Crippen molar-refractivity contribution >= 4 is 11.8 Å². The molecule has 0 aliphatic carbocycles. The number of benzene rings is 1. The number of thioether (sulfide) groups is 1. The number of aliphatic hydroxyl groups excluding tert-OH is 1. The maximum Gasteiger partial charge on any atom is 0.142 e. The van der Waals surface area contributed by atoms with Crippen molar-refractivity contribution in [3.05, 3.63) is 42.0 Å². The second-order valence-electron chi connectivity index (χ2n) is 3.90. The largest absolute Gasteiger partial charge is 0.389 e. The highest BCUT2D eigenvalue weighted by atomic mass is 32.2. The van der Waals surface area contributed by atoms with Crippen molar-refractivity contribution in [2.45, 2.75) is 23.7 Å². The van der Waals surface area contributed by atoms with Gasteiger partial charge in [0.1, 0.15) is 12.2 Å². The molecule has 17 heavy (non-hydrogen) atoms. The SMILES string of the molecule is CC(O)c1cccc(SCc2nncn2C)c1. The Morgan fingerprint density at radius 1 is 1.47 bits per heavy atom. The van der Waals surface area contributed by atoms with Gasteiger partial charge in [0.25, 0.3) is 0 Å². The molecule has 0 spiro atoms.